The number of nitrogens with one attached hydrogen (secondary N) is 1. The highest BCUT2D eigenvalue weighted by atomic mass is 127. The molecule has 4 rings (SSSR count). The van der Waals surface area contributed by atoms with Gasteiger partial charge in [-0.3, -0.25) is 9.36 Å². The molecule has 0 fully saturated rings. The van der Waals surface area contributed by atoms with E-state index in [9.17, 15) is 4.79 Å². The van der Waals surface area contributed by atoms with E-state index in [2.05, 4.69) is 43.1 Å². The number of aryl methyl sites for hydroxylation is 1. The monoisotopic (exact) mass is 511 g/mol. The van der Waals surface area contributed by atoms with Crippen LogP contribution in [-0.4, -0.2) is 25.7 Å². The number of carbonyl (C=O) groups is 1. The third-order valence-electron chi connectivity index (χ3n) is 4.55. The van der Waals surface area contributed by atoms with Gasteiger partial charge in [0, 0.05) is 26.6 Å². The zero-order valence-electron chi connectivity index (χ0n) is 16.3. The molecule has 150 valence electrons. The molecule has 1 N–H and O–H groups in total. The molecule has 0 aliphatic rings. The first-order chi connectivity index (χ1) is 14.5. The number of benzene rings is 2. The predicted molar refractivity (Wildman–Crippen MR) is 122 cm³/mol. The molecule has 2 heterocycles. The van der Waals surface area contributed by atoms with Crippen LogP contribution >= 0.6 is 22.6 Å². The van der Waals surface area contributed by atoms with Gasteiger partial charge >= 0.3 is 0 Å². The molecule has 0 radical (unpaired) electrons. The van der Waals surface area contributed by atoms with Gasteiger partial charge in [-0.15, -0.1) is 10.2 Å². The number of ether oxygens (including phenoxy) is 1. The van der Waals surface area contributed by atoms with Crippen molar-refractivity contribution in [1.29, 1.82) is 0 Å². The van der Waals surface area contributed by atoms with Crippen molar-refractivity contribution in [2.24, 2.45) is 0 Å². The van der Waals surface area contributed by atoms with Crippen LogP contribution in [0.2, 0.25) is 0 Å². The van der Waals surface area contributed by atoms with Crippen LogP contribution in [0.5, 0.6) is 11.6 Å². The average Bonchev–Trinajstić information content (AvgIpc) is 3.08. The van der Waals surface area contributed by atoms with Gasteiger partial charge in [0.15, 0.2) is 5.82 Å². The third-order valence-corrected chi connectivity index (χ3v) is 5.22. The third kappa shape index (κ3) is 4.48. The van der Waals surface area contributed by atoms with E-state index < -0.39 is 0 Å². The highest BCUT2D eigenvalue weighted by Crippen LogP contribution is 2.22. The molecular weight excluding hydrogens is 493 g/mol. The van der Waals surface area contributed by atoms with Gasteiger partial charge < -0.3 is 10.1 Å². The van der Waals surface area contributed by atoms with Crippen LogP contribution in [0.15, 0.2) is 67.0 Å². The van der Waals surface area contributed by atoms with Gasteiger partial charge in [0.1, 0.15) is 12.1 Å². The number of halogens is 1. The number of rotatable bonds is 5. The molecule has 2 aromatic heterocycles. The first-order valence-corrected chi connectivity index (χ1v) is 10.3. The Morgan fingerprint density at radius 1 is 1.03 bits per heavy atom. The fraction of sp³-hybridized carbons (Fsp3) is 0.0909. The fourth-order valence-corrected chi connectivity index (χ4v) is 3.33. The maximum Gasteiger partial charge on any atom is 0.255 e. The molecule has 8 heteroatoms. The largest absolute Gasteiger partial charge is 0.438 e. The van der Waals surface area contributed by atoms with Crippen molar-refractivity contribution in [3.63, 3.8) is 0 Å². The van der Waals surface area contributed by atoms with Crippen LogP contribution < -0.4 is 10.1 Å². The normalized spacial score (nSPS) is 10.6. The summed E-state index contributed by atoms with van der Waals surface area (Å²) in [6.07, 6.45) is 1.72. The summed E-state index contributed by atoms with van der Waals surface area (Å²) in [5.74, 6) is 1.49. The Hall–Kier alpha value is -3.27. The minimum Gasteiger partial charge on any atom is -0.438 e. The summed E-state index contributed by atoms with van der Waals surface area (Å²) >= 11 is 2.18. The van der Waals surface area contributed by atoms with E-state index in [1.165, 1.54) is 0 Å². The van der Waals surface area contributed by atoms with Crippen LogP contribution in [0.25, 0.3) is 5.82 Å². The Kier molecular flexibility index (Phi) is 5.75. The van der Waals surface area contributed by atoms with E-state index in [1.807, 2.05) is 42.7 Å². The molecule has 4 aromatic rings. The molecule has 0 aliphatic carbocycles. The zero-order chi connectivity index (χ0) is 21.1. The molecule has 0 atom stereocenters. The van der Waals surface area contributed by atoms with Gasteiger partial charge in [0.05, 0.1) is 5.69 Å². The molecule has 2 aromatic carbocycles. The summed E-state index contributed by atoms with van der Waals surface area (Å²) in [6.45, 7) is 3.93. The van der Waals surface area contributed by atoms with Crippen molar-refractivity contribution in [3.8, 4) is 17.4 Å². The number of amides is 1. The lowest BCUT2D eigenvalue weighted by Crippen LogP contribution is -2.11. The van der Waals surface area contributed by atoms with Crippen LogP contribution in [0.3, 0.4) is 0 Å². The van der Waals surface area contributed by atoms with E-state index in [0.29, 0.717) is 28.7 Å². The topological polar surface area (TPSA) is 81.9 Å². The summed E-state index contributed by atoms with van der Waals surface area (Å²) in [5, 5.41) is 11.2. The molecule has 0 aliphatic heterocycles. The van der Waals surface area contributed by atoms with Crippen molar-refractivity contribution in [1.82, 2.24) is 19.7 Å². The van der Waals surface area contributed by atoms with Crippen LogP contribution in [-0.2, 0) is 0 Å². The van der Waals surface area contributed by atoms with Gasteiger partial charge in [-0.05, 0) is 85.0 Å². The first-order valence-electron chi connectivity index (χ1n) is 9.19. The Bertz CT molecular complexity index is 1190. The number of imidazole rings is 1. The Balaban J connectivity index is 1.41. The molecule has 0 saturated carbocycles. The maximum absolute atomic E-state index is 12.3. The molecule has 30 heavy (non-hydrogen) atoms. The predicted octanol–water partition coefficient (Wildman–Crippen LogP) is 4.93. The number of anilines is 1. The van der Waals surface area contributed by atoms with Crippen molar-refractivity contribution in [2.45, 2.75) is 13.8 Å². The Labute approximate surface area is 187 Å². The lowest BCUT2D eigenvalue weighted by atomic mass is 10.2. The van der Waals surface area contributed by atoms with Crippen LogP contribution in [0.4, 0.5) is 5.69 Å². The van der Waals surface area contributed by atoms with Crippen molar-refractivity contribution in [2.75, 3.05) is 5.32 Å². The van der Waals surface area contributed by atoms with Gasteiger partial charge in [-0.1, -0.05) is 6.07 Å². The maximum atomic E-state index is 12.3. The molecule has 7 nitrogen and oxygen atoms in total. The van der Waals surface area contributed by atoms with E-state index in [0.717, 1.165) is 15.0 Å². The molecule has 0 bridgehead atoms. The SMILES string of the molecule is Cc1ncn(-c2ccc(Oc3ccc(NC(=O)c4cccc(I)c4)cc3)nn2)c1C. The van der Waals surface area contributed by atoms with E-state index in [1.54, 1.807) is 42.7 Å². The fourth-order valence-electron chi connectivity index (χ4n) is 2.79. The van der Waals surface area contributed by atoms with Gasteiger partial charge in [0.2, 0.25) is 5.88 Å². The first kappa shape index (κ1) is 20.0. The number of hydrogen-bond acceptors (Lipinski definition) is 5. The summed E-state index contributed by atoms with van der Waals surface area (Å²) in [7, 11) is 0. The number of hydrogen-bond donors (Lipinski definition) is 1. The van der Waals surface area contributed by atoms with Gasteiger partial charge in [0.25, 0.3) is 5.91 Å². The van der Waals surface area contributed by atoms with Gasteiger partial charge in [-0.25, -0.2) is 4.98 Å². The lowest BCUT2D eigenvalue weighted by molar-refractivity contribution is 0.102. The van der Waals surface area contributed by atoms with E-state index in [4.69, 9.17) is 4.74 Å². The summed E-state index contributed by atoms with van der Waals surface area (Å²) < 4.78 is 8.63. The molecule has 0 saturated heterocycles. The summed E-state index contributed by atoms with van der Waals surface area (Å²) in [4.78, 5) is 16.6. The van der Waals surface area contributed by atoms with Crippen molar-refractivity contribution >= 4 is 34.2 Å². The second-order valence-corrected chi connectivity index (χ2v) is 7.85. The van der Waals surface area contributed by atoms with Gasteiger partial charge in [-0.2, -0.15) is 0 Å². The zero-order valence-corrected chi connectivity index (χ0v) is 18.5. The minimum atomic E-state index is -0.159. The molecule has 0 unspecified atom stereocenters. The number of nitrogens with zero attached hydrogens (tertiary/aromatic N) is 4. The standard InChI is InChI=1S/C22H18IN5O2/c1-14-15(2)28(13-24-14)20-10-11-21(27-26-20)30-19-8-6-18(7-9-19)25-22(29)16-4-3-5-17(23)12-16/h3-13H,1-2H3,(H,25,29). The van der Waals surface area contributed by atoms with Crippen molar-refractivity contribution in [3.05, 3.63) is 87.5 Å². The van der Waals surface area contributed by atoms with E-state index in [-0.39, 0.29) is 5.91 Å². The molecular formula is C22H18IN5O2. The number of aromatic nitrogens is 4. The average molecular weight is 511 g/mol. The minimum absolute atomic E-state index is 0.159. The second kappa shape index (κ2) is 8.62. The van der Waals surface area contributed by atoms with Crippen LogP contribution in [0, 0.1) is 17.4 Å². The number of carbonyl (C=O) groups excluding carboxylic acids is 1. The summed E-state index contributed by atoms with van der Waals surface area (Å²) in [5.41, 5.74) is 3.26. The highest BCUT2D eigenvalue weighted by Gasteiger charge is 2.09. The quantitative estimate of drug-likeness (QED) is 0.385. The van der Waals surface area contributed by atoms with Crippen molar-refractivity contribution < 1.29 is 9.53 Å². The molecule has 0 spiro atoms. The van der Waals surface area contributed by atoms with Crippen LogP contribution in [0.1, 0.15) is 21.7 Å². The summed E-state index contributed by atoms with van der Waals surface area (Å²) in [6, 6.07) is 18.1. The smallest absolute Gasteiger partial charge is 0.255 e. The Morgan fingerprint density at radius 2 is 1.83 bits per heavy atom. The highest BCUT2D eigenvalue weighted by molar-refractivity contribution is 14.1. The second-order valence-electron chi connectivity index (χ2n) is 6.61. The molecule has 1 amide bonds. The Morgan fingerprint density at radius 3 is 2.47 bits per heavy atom. The van der Waals surface area contributed by atoms with E-state index >= 15 is 0 Å². The lowest BCUT2D eigenvalue weighted by Gasteiger charge is -2.08.